The summed E-state index contributed by atoms with van der Waals surface area (Å²) in [6.45, 7) is 2.90. The zero-order valence-corrected chi connectivity index (χ0v) is 12.6. The molecular weight excluding hydrogens is 309 g/mol. The third-order valence-electron chi connectivity index (χ3n) is 2.90. The lowest BCUT2D eigenvalue weighted by atomic mass is 10.0. The number of hydrogen-bond donors (Lipinski definition) is 1. The Balaban J connectivity index is 2.36. The molecule has 1 atom stereocenters. The summed E-state index contributed by atoms with van der Waals surface area (Å²) in [6, 6.07) is 6.83. The normalized spacial score (nSPS) is 12.6. The maximum atomic E-state index is 14.1. The third kappa shape index (κ3) is 3.42. The highest BCUT2D eigenvalue weighted by molar-refractivity contribution is 9.10. The number of halogens is 2. The van der Waals surface area contributed by atoms with Crippen LogP contribution < -0.4 is 5.32 Å². The van der Waals surface area contributed by atoms with Gasteiger partial charge in [0.1, 0.15) is 5.82 Å². The lowest BCUT2D eigenvalue weighted by molar-refractivity contribution is 0.533. The number of aryl methyl sites for hydroxylation is 1. The first-order chi connectivity index (χ1) is 9.11. The van der Waals surface area contributed by atoms with E-state index in [1.165, 1.54) is 6.07 Å². The summed E-state index contributed by atoms with van der Waals surface area (Å²) in [6.07, 6.45) is 2.86. The van der Waals surface area contributed by atoms with Crippen LogP contribution in [0.1, 0.15) is 30.6 Å². The number of hydrogen-bond acceptors (Lipinski definition) is 2. The molecule has 0 amide bonds. The van der Waals surface area contributed by atoms with E-state index in [1.807, 2.05) is 25.4 Å². The average molecular weight is 326 g/mol. The van der Waals surface area contributed by atoms with Crippen molar-refractivity contribution in [2.45, 2.75) is 19.4 Å². The molecule has 0 bridgehead atoms. The molecule has 2 aromatic rings. The molecule has 19 heavy (non-hydrogen) atoms. The van der Waals surface area contributed by atoms with E-state index in [4.69, 9.17) is 0 Å². The summed E-state index contributed by atoms with van der Waals surface area (Å²) in [5.74, 6) is -0.228. The molecule has 0 aliphatic carbocycles. The van der Waals surface area contributed by atoms with Gasteiger partial charge in [-0.25, -0.2) is 4.39 Å². The number of benzene rings is 1. The van der Waals surface area contributed by atoms with Crippen LogP contribution in [-0.4, -0.2) is 16.3 Å². The molecule has 1 aromatic carbocycles. The largest absolute Gasteiger partial charge is 0.305 e. The fourth-order valence-electron chi connectivity index (χ4n) is 1.99. The van der Waals surface area contributed by atoms with Crippen molar-refractivity contribution in [1.82, 2.24) is 15.1 Å². The van der Waals surface area contributed by atoms with E-state index in [9.17, 15) is 4.39 Å². The van der Waals surface area contributed by atoms with Gasteiger partial charge in [0.25, 0.3) is 0 Å². The molecule has 1 aromatic heterocycles. The maximum Gasteiger partial charge on any atom is 0.129 e. The van der Waals surface area contributed by atoms with Crippen molar-refractivity contribution in [3.63, 3.8) is 0 Å². The Hall–Kier alpha value is -1.20. The third-order valence-corrected chi connectivity index (χ3v) is 3.40. The molecule has 3 nitrogen and oxygen atoms in total. The Labute approximate surface area is 121 Å². The van der Waals surface area contributed by atoms with Gasteiger partial charge in [-0.3, -0.25) is 4.68 Å². The minimum Gasteiger partial charge on any atom is -0.305 e. The minimum atomic E-state index is -0.228. The van der Waals surface area contributed by atoms with E-state index in [0.29, 0.717) is 5.56 Å². The monoisotopic (exact) mass is 325 g/mol. The maximum absolute atomic E-state index is 14.1. The standard InChI is InChI=1S/C14H17BrFN3/c1-3-7-17-14(13-6-8-19(2)18-13)11-5-4-10(15)9-12(11)16/h4-6,8-9,14,17H,3,7H2,1-2H3. The van der Waals surface area contributed by atoms with Crippen LogP contribution in [0.15, 0.2) is 34.9 Å². The highest BCUT2D eigenvalue weighted by Crippen LogP contribution is 2.25. The fraction of sp³-hybridized carbons (Fsp3) is 0.357. The SMILES string of the molecule is CCCNC(c1ccn(C)n1)c1ccc(Br)cc1F. The summed E-state index contributed by atoms with van der Waals surface area (Å²) in [7, 11) is 1.86. The van der Waals surface area contributed by atoms with Crippen molar-refractivity contribution >= 4 is 15.9 Å². The van der Waals surface area contributed by atoms with E-state index < -0.39 is 0 Å². The lowest BCUT2D eigenvalue weighted by Gasteiger charge is -2.17. The van der Waals surface area contributed by atoms with Crippen LogP contribution in [0.3, 0.4) is 0 Å². The Kier molecular flexibility index (Phi) is 4.71. The van der Waals surface area contributed by atoms with Gasteiger partial charge >= 0.3 is 0 Å². The van der Waals surface area contributed by atoms with Crippen LogP contribution in [0.25, 0.3) is 0 Å². The number of nitrogens with zero attached hydrogens (tertiary/aromatic N) is 2. The van der Waals surface area contributed by atoms with Gasteiger partial charge < -0.3 is 5.32 Å². The van der Waals surface area contributed by atoms with E-state index in [2.05, 4.69) is 33.3 Å². The molecule has 1 N–H and O–H groups in total. The van der Waals surface area contributed by atoms with Crippen LogP contribution in [0.5, 0.6) is 0 Å². The van der Waals surface area contributed by atoms with Gasteiger partial charge in [0, 0.05) is 23.3 Å². The van der Waals surface area contributed by atoms with Crippen LogP contribution in [0.4, 0.5) is 4.39 Å². The highest BCUT2D eigenvalue weighted by Gasteiger charge is 2.19. The van der Waals surface area contributed by atoms with Crippen molar-refractivity contribution in [3.05, 3.63) is 52.0 Å². The molecule has 1 heterocycles. The Morgan fingerprint density at radius 2 is 2.21 bits per heavy atom. The van der Waals surface area contributed by atoms with Gasteiger partial charge in [-0.2, -0.15) is 5.10 Å². The second kappa shape index (κ2) is 6.30. The molecule has 0 fully saturated rings. The molecule has 5 heteroatoms. The average Bonchev–Trinajstić information content (AvgIpc) is 2.78. The van der Waals surface area contributed by atoms with Gasteiger partial charge in [0.15, 0.2) is 0 Å². The molecule has 0 saturated heterocycles. The number of aromatic nitrogens is 2. The first-order valence-corrected chi connectivity index (χ1v) is 7.09. The molecule has 0 spiro atoms. The van der Waals surface area contributed by atoms with E-state index in [0.717, 1.165) is 23.1 Å². The van der Waals surface area contributed by atoms with Gasteiger partial charge in [0.2, 0.25) is 0 Å². The molecule has 0 saturated carbocycles. The van der Waals surface area contributed by atoms with Gasteiger partial charge in [0.05, 0.1) is 11.7 Å². The van der Waals surface area contributed by atoms with Crippen molar-refractivity contribution in [3.8, 4) is 0 Å². The van der Waals surface area contributed by atoms with Gasteiger partial charge in [-0.05, 0) is 31.2 Å². The smallest absolute Gasteiger partial charge is 0.129 e. The van der Waals surface area contributed by atoms with Crippen molar-refractivity contribution in [2.24, 2.45) is 7.05 Å². The Morgan fingerprint density at radius 3 is 2.79 bits per heavy atom. The van der Waals surface area contributed by atoms with Crippen molar-refractivity contribution < 1.29 is 4.39 Å². The molecule has 102 valence electrons. The van der Waals surface area contributed by atoms with E-state index in [1.54, 1.807) is 10.7 Å². The topological polar surface area (TPSA) is 29.9 Å². The quantitative estimate of drug-likeness (QED) is 0.912. The summed E-state index contributed by atoms with van der Waals surface area (Å²) in [5.41, 5.74) is 1.45. The second-order valence-electron chi connectivity index (χ2n) is 4.47. The zero-order chi connectivity index (χ0) is 13.8. The Morgan fingerprint density at radius 1 is 1.42 bits per heavy atom. The molecule has 1 unspecified atom stereocenters. The first kappa shape index (κ1) is 14.2. The predicted octanol–water partition coefficient (Wildman–Crippen LogP) is 3.41. The van der Waals surface area contributed by atoms with Crippen LogP contribution in [0, 0.1) is 5.82 Å². The Bertz CT molecular complexity index is 553. The van der Waals surface area contributed by atoms with Crippen molar-refractivity contribution in [1.29, 1.82) is 0 Å². The second-order valence-corrected chi connectivity index (χ2v) is 5.38. The van der Waals surface area contributed by atoms with E-state index >= 15 is 0 Å². The zero-order valence-electron chi connectivity index (χ0n) is 11.0. The van der Waals surface area contributed by atoms with E-state index in [-0.39, 0.29) is 11.9 Å². The molecule has 0 aliphatic heterocycles. The van der Waals surface area contributed by atoms with Gasteiger partial charge in [-0.15, -0.1) is 0 Å². The summed E-state index contributed by atoms with van der Waals surface area (Å²) in [4.78, 5) is 0. The predicted molar refractivity (Wildman–Crippen MR) is 77.4 cm³/mol. The first-order valence-electron chi connectivity index (χ1n) is 6.29. The number of nitrogens with one attached hydrogen (secondary N) is 1. The molecule has 0 aliphatic rings. The van der Waals surface area contributed by atoms with Gasteiger partial charge in [-0.1, -0.05) is 28.9 Å². The summed E-state index contributed by atoms with van der Waals surface area (Å²) >= 11 is 3.28. The van der Waals surface area contributed by atoms with Crippen LogP contribution in [-0.2, 0) is 7.05 Å². The van der Waals surface area contributed by atoms with Crippen molar-refractivity contribution in [2.75, 3.05) is 6.54 Å². The molecule has 0 radical (unpaired) electrons. The number of rotatable bonds is 5. The molecular formula is C14H17BrFN3. The summed E-state index contributed by atoms with van der Waals surface area (Å²) < 4.78 is 16.6. The van der Waals surface area contributed by atoms with Crippen LogP contribution >= 0.6 is 15.9 Å². The molecule has 2 rings (SSSR count). The fourth-order valence-corrected chi connectivity index (χ4v) is 2.32. The highest BCUT2D eigenvalue weighted by atomic mass is 79.9. The lowest BCUT2D eigenvalue weighted by Crippen LogP contribution is -2.24. The van der Waals surface area contributed by atoms with Crippen LogP contribution in [0.2, 0.25) is 0 Å². The summed E-state index contributed by atoms with van der Waals surface area (Å²) in [5, 5.41) is 7.72. The minimum absolute atomic E-state index is 0.214.